The molecule has 2 amide bonds. The number of imide groups is 1. The summed E-state index contributed by atoms with van der Waals surface area (Å²) >= 11 is 6.05. The number of hydrogen-bond acceptors (Lipinski definition) is 5. The first-order chi connectivity index (χ1) is 15.3. The van der Waals surface area contributed by atoms with Crippen molar-refractivity contribution in [2.45, 2.75) is 12.8 Å². The van der Waals surface area contributed by atoms with Gasteiger partial charge in [-0.15, -0.1) is 0 Å². The molecule has 0 radical (unpaired) electrons. The van der Waals surface area contributed by atoms with E-state index in [0.29, 0.717) is 33.1 Å². The number of likely N-dealkylation sites (tertiary alicyclic amines) is 1. The van der Waals surface area contributed by atoms with Gasteiger partial charge in [0.2, 0.25) is 17.7 Å². The van der Waals surface area contributed by atoms with Gasteiger partial charge in [-0.25, -0.2) is 4.68 Å². The Hall–Kier alpha value is -3.71. The number of carbonyl (C=O) groups is 3. The molecule has 2 heterocycles. The Balaban J connectivity index is 1.85. The van der Waals surface area contributed by atoms with Gasteiger partial charge in [-0.1, -0.05) is 35.9 Å². The Morgan fingerprint density at radius 2 is 1.69 bits per heavy atom. The van der Waals surface area contributed by atoms with Crippen LogP contribution < -0.4 is 0 Å². The average Bonchev–Trinajstić information content (AvgIpc) is 3.26. The third-order valence-corrected chi connectivity index (χ3v) is 6.30. The molecular weight excluding hydrogens is 430 g/mol. The number of amides is 2. The smallest absolute Gasteiger partial charge is 0.244 e. The summed E-state index contributed by atoms with van der Waals surface area (Å²) in [5, 5.41) is 15.5. The lowest BCUT2D eigenvalue weighted by Crippen LogP contribution is -2.26. The van der Waals surface area contributed by atoms with Gasteiger partial charge in [-0.3, -0.25) is 19.3 Å². The highest BCUT2D eigenvalue weighted by Crippen LogP contribution is 2.50. The van der Waals surface area contributed by atoms with Gasteiger partial charge in [-0.2, -0.15) is 5.10 Å². The van der Waals surface area contributed by atoms with Crippen LogP contribution in [0.5, 0.6) is 5.75 Å². The van der Waals surface area contributed by atoms with Crippen LogP contribution in [0.3, 0.4) is 0 Å². The fraction of sp³-hybridized carbons (Fsp3) is 0.167. The van der Waals surface area contributed by atoms with Crippen LogP contribution in [-0.4, -0.2) is 44.6 Å². The van der Waals surface area contributed by atoms with Crippen molar-refractivity contribution in [2.75, 3.05) is 7.05 Å². The maximum Gasteiger partial charge on any atom is 0.244 e. The van der Waals surface area contributed by atoms with Gasteiger partial charge >= 0.3 is 0 Å². The highest BCUT2D eigenvalue weighted by atomic mass is 35.5. The quantitative estimate of drug-likeness (QED) is 0.603. The molecule has 2 aliphatic rings. The molecule has 1 N–H and O–H groups in total. The number of halogens is 1. The molecular formula is C24H18ClN3O4. The predicted octanol–water partition coefficient (Wildman–Crippen LogP) is 3.82. The third-order valence-electron chi connectivity index (χ3n) is 6.05. The van der Waals surface area contributed by atoms with Crippen molar-refractivity contribution in [2.24, 2.45) is 5.92 Å². The number of aromatic hydroxyl groups is 1. The molecule has 1 aliphatic carbocycles. The van der Waals surface area contributed by atoms with Crippen molar-refractivity contribution >= 4 is 41.0 Å². The number of phenolic OH excluding ortho intramolecular Hbond substituents is 1. The highest BCUT2D eigenvalue weighted by molar-refractivity contribution is 6.30. The molecule has 0 bridgehead atoms. The van der Waals surface area contributed by atoms with Gasteiger partial charge in [-0.05, 0) is 41.5 Å². The Labute approximate surface area is 188 Å². The highest BCUT2D eigenvalue weighted by Gasteiger charge is 2.53. The summed E-state index contributed by atoms with van der Waals surface area (Å²) < 4.78 is 1.17. The first kappa shape index (κ1) is 20.2. The summed E-state index contributed by atoms with van der Waals surface area (Å²) in [4.78, 5) is 39.9. The second kappa shape index (κ2) is 7.17. The number of para-hydroxylation sites is 1. The molecule has 5 rings (SSSR count). The molecule has 32 heavy (non-hydrogen) atoms. The maximum atomic E-state index is 13.2. The van der Waals surface area contributed by atoms with E-state index in [0.717, 1.165) is 10.5 Å². The van der Waals surface area contributed by atoms with Crippen LogP contribution >= 0.6 is 11.6 Å². The van der Waals surface area contributed by atoms with E-state index in [1.165, 1.54) is 24.7 Å². The maximum absolute atomic E-state index is 13.2. The Kier molecular flexibility index (Phi) is 4.53. The van der Waals surface area contributed by atoms with E-state index >= 15 is 0 Å². The van der Waals surface area contributed by atoms with Crippen molar-refractivity contribution in [1.29, 1.82) is 0 Å². The largest absolute Gasteiger partial charge is 0.507 e. The summed E-state index contributed by atoms with van der Waals surface area (Å²) in [6.45, 7) is 1.35. The first-order valence-electron chi connectivity index (χ1n) is 10.0. The van der Waals surface area contributed by atoms with Gasteiger partial charge < -0.3 is 5.11 Å². The van der Waals surface area contributed by atoms with Gasteiger partial charge in [0.25, 0.3) is 0 Å². The average molecular weight is 448 g/mol. The first-order valence-corrected chi connectivity index (χ1v) is 10.4. The molecule has 0 spiro atoms. The van der Waals surface area contributed by atoms with Crippen LogP contribution in [0.1, 0.15) is 34.5 Å². The van der Waals surface area contributed by atoms with Crippen molar-refractivity contribution in [3.63, 3.8) is 0 Å². The Morgan fingerprint density at radius 3 is 2.34 bits per heavy atom. The standard InChI is InChI=1S/C24H18ClN3O4/c1-12(29)28-22-17(21(26-28)15-5-3-4-6-18(15)30)11-16(13-7-9-14(25)10-8-13)19-20(22)24(32)27(2)23(19)31/h3-11,19-20,30H,1-2H3/t19-,20-/m0/s1. The van der Waals surface area contributed by atoms with Crippen molar-refractivity contribution < 1.29 is 19.5 Å². The lowest BCUT2D eigenvalue weighted by atomic mass is 9.76. The van der Waals surface area contributed by atoms with Gasteiger partial charge in [0.05, 0.1) is 17.5 Å². The van der Waals surface area contributed by atoms with E-state index in [1.807, 2.05) is 0 Å². The van der Waals surface area contributed by atoms with E-state index in [1.54, 1.807) is 48.5 Å². The van der Waals surface area contributed by atoms with Crippen LogP contribution in [0.4, 0.5) is 0 Å². The lowest BCUT2D eigenvalue weighted by Gasteiger charge is -2.25. The minimum absolute atomic E-state index is 0.00184. The molecule has 1 aliphatic heterocycles. The second-order valence-electron chi connectivity index (χ2n) is 7.89. The van der Waals surface area contributed by atoms with Gasteiger partial charge in [0.1, 0.15) is 11.4 Å². The van der Waals surface area contributed by atoms with E-state index < -0.39 is 17.7 Å². The molecule has 2 aromatic carbocycles. The molecule has 2 atom stereocenters. The lowest BCUT2D eigenvalue weighted by molar-refractivity contribution is -0.137. The molecule has 0 saturated carbocycles. The number of fused-ring (bicyclic) bond motifs is 3. The number of hydrogen-bond donors (Lipinski definition) is 1. The Morgan fingerprint density at radius 1 is 1.03 bits per heavy atom. The molecule has 3 aromatic rings. The van der Waals surface area contributed by atoms with E-state index in [-0.39, 0.29) is 17.6 Å². The van der Waals surface area contributed by atoms with Crippen LogP contribution in [0.15, 0.2) is 48.5 Å². The molecule has 1 fully saturated rings. The van der Waals surface area contributed by atoms with Gasteiger partial charge in [0, 0.05) is 30.1 Å². The SMILES string of the molecule is CC(=O)n1nc(-c2ccccc2O)c2c1[C@H]1C(=O)N(C)C(=O)[C@H]1C(c1ccc(Cl)cc1)=C2. The number of rotatable bonds is 2. The van der Waals surface area contributed by atoms with E-state index in [4.69, 9.17) is 11.6 Å². The zero-order chi connectivity index (χ0) is 22.7. The normalized spacial score (nSPS) is 19.6. The minimum Gasteiger partial charge on any atom is -0.507 e. The fourth-order valence-electron chi connectivity index (χ4n) is 4.55. The number of benzene rings is 2. The predicted molar refractivity (Wildman–Crippen MR) is 119 cm³/mol. The van der Waals surface area contributed by atoms with Crippen LogP contribution in [-0.2, 0) is 9.59 Å². The molecule has 1 aromatic heterocycles. The molecule has 1 saturated heterocycles. The van der Waals surface area contributed by atoms with Crippen molar-refractivity contribution in [3.05, 3.63) is 70.4 Å². The number of carbonyl (C=O) groups excluding carboxylic acids is 3. The summed E-state index contributed by atoms with van der Waals surface area (Å²) in [7, 11) is 1.44. The number of phenols is 1. The van der Waals surface area contributed by atoms with Crippen molar-refractivity contribution in [3.8, 4) is 17.0 Å². The molecule has 0 unspecified atom stereocenters. The summed E-state index contributed by atoms with van der Waals surface area (Å²) in [5.74, 6) is -2.81. The van der Waals surface area contributed by atoms with Crippen LogP contribution in [0.25, 0.3) is 22.9 Å². The van der Waals surface area contributed by atoms with E-state index in [9.17, 15) is 19.5 Å². The third kappa shape index (κ3) is 2.81. The fourth-order valence-corrected chi connectivity index (χ4v) is 4.67. The van der Waals surface area contributed by atoms with Crippen molar-refractivity contribution in [1.82, 2.24) is 14.7 Å². The van der Waals surface area contributed by atoms with Crippen LogP contribution in [0, 0.1) is 5.92 Å². The Bertz CT molecular complexity index is 1340. The number of likely N-dealkylation sites (N-methyl/N-ethyl adjacent to an activating group) is 1. The molecule has 7 nitrogen and oxygen atoms in total. The number of aromatic nitrogens is 2. The topological polar surface area (TPSA) is 92.5 Å². The second-order valence-corrected chi connectivity index (χ2v) is 8.33. The molecule has 8 heteroatoms. The zero-order valence-electron chi connectivity index (χ0n) is 17.2. The van der Waals surface area contributed by atoms with Crippen LogP contribution in [0.2, 0.25) is 5.02 Å². The summed E-state index contributed by atoms with van der Waals surface area (Å²) in [6.07, 6.45) is 1.79. The van der Waals surface area contributed by atoms with E-state index in [2.05, 4.69) is 5.10 Å². The summed E-state index contributed by atoms with van der Waals surface area (Å²) in [6, 6.07) is 13.7. The van der Waals surface area contributed by atoms with Gasteiger partial charge in [0.15, 0.2) is 0 Å². The molecule has 160 valence electrons. The zero-order valence-corrected chi connectivity index (χ0v) is 18.0. The number of nitrogens with zero attached hydrogens (tertiary/aromatic N) is 3. The minimum atomic E-state index is -0.894. The monoisotopic (exact) mass is 447 g/mol. The summed E-state index contributed by atoms with van der Waals surface area (Å²) in [5.41, 5.74) is 3.07.